The van der Waals surface area contributed by atoms with Gasteiger partial charge in [-0.1, -0.05) is 0 Å². The van der Waals surface area contributed by atoms with E-state index < -0.39 is 5.97 Å². The average Bonchev–Trinajstić information content (AvgIpc) is 3.02. The standard InChI is InChI=1S/C15H22N4O2/c20-15(21)11-3-5-12(6-4-11)18-13-9-14(17-10-16-13)19-7-1-2-8-19/h9-12H,1-8H2,(H,20,21)(H,16,17,18). The van der Waals surface area contributed by atoms with Crippen molar-refractivity contribution in [3.8, 4) is 0 Å². The monoisotopic (exact) mass is 290 g/mol. The van der Waals surface area contributed by atoms with Gasteiger partial charge in [0.2, 0.25) is 0 Å². The number of nitrogens with zero attached hydrogens (tertiary/aromatic N) is 3. The molecule has 1 aliphatic carbocycles. The molecular weight excluding hydrogens is 268 g/mol. The fraction of sp³-hybridized carbons (Fsp3) is 0.667. The van der Waals surface area contributed by atoms with E-state index in [4.69, 9.17) is 5.11 Å². The second kappa shape index (κ2) is 6.28. The van der Waals surface area contributed by atoms with E-state index in [0.29, 0.717) is 6.04 Å². The van der Waals surface area contributed by atoms with E-state index >= 15 is 0 Å². The number of nitrogens with one attached hydrogen (secondary N) is 1. The summed E-state index contributed by atoms with van der Waals surface area (Å²) in [7, 11) is 0. The van der Waals surface area contributed by atoms with Crippen molar-refractivity contribution >= 4 is 17.6 Å². The second-order valence-corrected chi connectivity index (χ2v) is 5.99. The Hall–Kier alpha value is -1.85. The van der Waals surface area contributed by atoms with Crippen LogP contribution >= 0.6 is 0 Å². The fourth-order valence-electron chi connectivity index (χ4n) is 3.24. The third-order valence-corrected chi connectivity index (χ3v) is 4.51. The summed E-state index contributed by atoms with van der Waals surface area (Å²) in [6.07, 6.45) is 7.34. The lowest BCUT2D eigenvalue weighted by Gasteiger charge is -2.27. The first-order valence-electron chi connectivity index (χ1n) is 7.79. The van der Waals surface area contributed by atoms with E-state index in [-0.39, 0.29) is 5.92 Å². The number of aromatic nitrogens is 2. The van der Waals surface area contributed by atoms with E-state index in [1.54, 1.807) is 6.33 Å². The van der Waals surface area contributed by atoms with Gasteiger partial charge in [0.1, 0.15) is 18.0 Å². The molecule has 1 aromatic rings. The van der Waals surface area contributed by atoms with Gasteiger partial charge in [-0.2, -0.15) is 0 Å². The van der Waals surface area contributed by atoms with Gasteiger partial charge in [0.15, 0.2) is 0 Å². The molecule has 114 valence electrons. The van der Waals surface area contributed by atoms with Gasteiger partial charge < -0.3 is 15.3 Å². The number of anilines is 2. The fourth-order valence-corrected chi connectivity index (χ4v) is 3.24. The molecule has 1 saturated carbocycles. The van der Waals surface area contributed by atoms with Crippen LogP contribution in [-0.2, 0) is 4.79 Å². The van der Waals surface area contributed by atoms with Crippen molar-refractivity contribution in [2.24, 2.45) is 5.92 Å². The summed E-state index contributed by atoms with van der Waals surface area (Å²) in [6, 6.07) is 2.33. The summed E-state index contributed by atoms with van der Waals surface area (Å²) in [5.74, 6) is 1.01. The second-order valence-electron chi connectivity index (χ2n) is 5.99. The van der Waals surface area contributed by atoms with Crippen LogP contribution in [0.5, 0.6) is 0 Å². The molecule has 3 rings (SSSR count). The smallest absolute Gasteiger partial charge is 0.306 e. The Morgan fingerprint density at radius 1 is 1.19 bits per heavy atom. The summed E-state index contributed by atoms with van der Waals surface area (Å²) in [5.41, 5.74) is 0. The van der Waals surface area contributed by atoms with Crippen molar-refractivity contribution in [2.75, 3.05) is 23.3 Å². The maximum Gasteiger partial charge on any atom is 0.306 e. The maximum absolute atomic E-state index is 11.0. The third-order valence-electron chi connectivity index (χ3n) is 4.51. The van der Waals surface area contributed by atoms with Gasteiger partial charge in [-0.25, -0.2) is 9.97 Å². The zero-order valence-electron chi connectivity index (χ0n) is 12.2. The number of carboxylic acids is 1. The highest BCUT2D eigenvalue weighted by molar-refractivity contribution is 5.70. The molecule has 2 fully saturated rings. The molecule has 21 heavy (non-hydrogen) atoms. The lowest BCUT2D eigenvalue weighted by molar-refractivity contribution is -0.142. The van der Waals surface area contributed by atoms with Crippen molar-refractivity contribution in [2.45, 2.75) is 44.6 Å². The maximum atomic E-state index is 11.0. The molecule has 2 heterocycles. The van der Waals surface area contributed by atoms with Gasteiger partial charge in [0, 0.05) is 25.2 Å². The first-order valence-corrected chi connectivity index (χ1v) is 7.79. The molecule has 2 N–H and O–H groups in total. The summed E-state index contributed by atoms with van der Waals surface area (Å²) in [4.78, 5) is 21.9. The highest BCUT2D eigenvalue weighted by atomic mass is 16.4. The SMILES string of the molecule is O=C(O)C1CCC(Nc2cc(N3CCCC3)ncn2)CC1. The van der Waals surface area contributed by atoms with Gasteiger partial charge in [0.25, 0.3) is 0 Å². The van der Waals surface area contributed by atoms with Crippen LogP contribution < -0.4 is 10.2 Å². The Labute approximate surface area is 124 Å². The predicted octanol–water partition coefficient (Wildman–Crippen LogP) is 2.13. The molecule has 0 amide bonds. The molecule has 0 atom stereocenters. The molecule has 0 spiro atoms. The third kappa shape index (κ3) is 3.43. The van der Waals surface area contributed by atoms with Gasteiger partial charge in [-0.05, 0) is 38.5 Å². The molecule has 1 aromatic heterocycles. The van der Waals surface area contributed by atoms with Gasteiger partial charge in [-0.3, -0.25) is 4.79 Å². The van der Waals surface area contributed by atoms with E-state index in [9.17, 15) is 4.79 Å². The normalized spacial score (nSPS) is 25.8. The Balaban J connectivity index is 1.58. The first-order chi connectivity index (χ1) is 10.2. The van der Waals surface area contributed by atoms with E-state index in [2.05, 4.69) is 20.2 Å². The number of aliphatic carboxylic acids is 1. The van der Waals surface area contributed by atoms with Crippen LogP contribution in [0.2, 0.25) is 0 Å². The number of hydrogen-bond acceptors (Lipinski definition) is 5. The van der Waals surface area contributed by atoms with E-state index in [1.165, 1.54) is 12.8 Å². The minimum Gasteiger partial charge on any atom is -0.481 e. The molecule has 1 saturated heterocycles. The minimum atomic E-state index is -0.660. The van der Waals surface area contributed by atoms with E-state index in [0.717, 1.165) is 50.4 Å². The van der Waals surface area contributed by atoms with Gasteiger partial charge in [-0.15, -0.1) is 0 Å². The Kier molecular flexibility index (Phi) is 4.22. The van der Waals surface area contributed by atoms with Crippen LogP contribution in [-0.4, -0.2) is 40.2 Å². The van der Waals surface area contributed by atoms with Gasteiger partial charge in [0.05, 0.1) is 5.92 Å². The van der Waals surface area contributed by atoms with Crippen molar-refractivity contribution < 1.29 is 9.90 Å². The van der Waals surface area contributed by atoms with Crippen LogP contribution in [0.15, 0.2) is 12.4 Å². The van der Waals surface area contributed by atoms with Crippen molar-refractivity contribution in [3.05, 3.63) is 12.4 Å². The average molecular weight is 290 g/mol. The molecule has 0 aromatic carbocycles. The highest BCUT2D eigenvalue weighted by Gasteiger charge is 2.26. The number of carbonyl (C=O) groups is 1. The van der Waals surface area contributed by atoms with Crippen molar-refractivity contribution in [1.82, 2.24) is 9.97 Å². The first kappa shape index (κ1) is 14.1. The van der Waals surface area contributed by atoms with Crippen molar-refractivity contribution in [3.63, 3.8) is 0 Å². The Bertz CT molecular complexity index is 494. The number of rotatable bonds is 4. The quantitative estimate of drug-likeness (QED) is 0.884. The molecule has 2 aliphatic rings. The minimum absolute atomic E-state index is 0.173. The molecule has 0 radical (unpaired) electrons. The topological polar surface area (TPSA) is 78.4 Å². The molecule has 6 heteroatoms. The molecule has 0 unspecified atom stereocenters. The highest BCUT2D eigenvalue weighted by Crippen LogP contribution is 2.27. The lowest BCUT2D eigenvalue weighted by atomic mass is 9.86. The van der Waals surface area contributed by atoms with Crippen LogP contribution in [0.4, 0.5) is 11.6 Å². The summed E-state index contributed by atoms with van der Waals surface area (Å²) < 4.78 is 0. The molecule has 0 bridgehead atoms. The van der Waals surface area contributed by atoms with Crippen LogP contribution in [0.25, 0.3) is 0 Å². The van der Waals surface area contributed by atoms with Crippen LogP contribution in [0, 0.1) is 5.92 Å². The van der Waals surface area contributed by atoms with Crippen molar-refractivity contribution in [1.29, 1.82) is 0 Å². The van der Waals surface area contributed by atoms with Crippen LogP contribution in [0.1, 0.15) is 38.5 Å². The number of hydrogen-bond donors (Lipinski definition) is 2. The largest absolute Gasteiger partial charge is 0.481 e. The van der Waals surface area contributed by atoms with E-state index in [1.807, 2.05) is 6.07 Å². The Morgan fingerprint density at radius 3 is 2.57 bits per heavy atom. The lowest BCUT2D eigenvalue weighted by Crippen LogP contribution is -2.29. The Morgan fingerprint density at radius 2 is 1.90 bits per heavy atom. The number of carboxylic acid groups (broad SMARTS) is 1. The molecular formula is C15H22N4O2. The summed E-state index contributed by atoms with van der Waals surface area (Å²) in [6.45, 7) is 2.14. The summed E-state index contributed by atoms with van der Waals surface area (Å²) >= 11 is 0. The predicted molar refractivity (Wildman–Crippen MR) is 80.5 cm³/mol. The van der Waals surface area contributed by atoms with Gasteiger partial charge >= 0.3 is 5.97 Å². The molecule has 6 nitrogen and oxygen atoms in total. The zero-order chi connectivity index (χ0) is 14.7. The van der Waals surface area contributed by atoms with Crippen LogP contribution in [0.3, 0.4) is 0 Å². The molecule has 1 aliphatic heterocycles. The zero-order valence-corrected chi connectivity index (χ0v) is 12.2. The summed E-state index contributed by atoms with van der Waals surface area (Å²) in [5, 5.41) is 12.5.